The number of benzene rings is 2. The molecule has 5 nitrogen and oxygen atoms in total. The largest absolute Gasteiger partial charge is 0.374 e. The molecule has 0 amide bonds. The van der Waals surface area contributed by atoms with E-state index in [9.17, 15) is 0 Å². The molecule has 1 N–H and O–H groups in total. The van der Waals surface area contributed by atoms with Crippen LogP contribution >= 0.6 is 0 Å². The summed E-state index contributed by atoms with van der Waals surface area (Å²) in [6.07, 6.45) is 2.38. The summed E-state index contributed by atoms with van der Waals surface area (Å²) in [7, 11) is 4.37. The van der Waals surface area contributed by atoms with Crippen LogP contribution in [-0.4, -0.2) is 61.7 Å². The van der Waals surface area contributed by atoms with E-state index in [0.717, 1.165) is 56.0 Å². The van der Waals surface area contributed by atoms with Gasteiger partial charge in [-0.1, -0.05) is 0 Å². The van der Waals surface area contributed by atoms with Crippen molar-refractivity contribution in [2.24, 2.45) is 0 Å². The lowest BCUT2D eigenvalue weighted by molar-refractivity contribution is 0.313. The third kappa shape index (κ3) is 3.06. The average molecular weight is 361 g/mol. The molecule has 2 aromatic carbocycles. The van der Waals surface area contributed by atoms with E-state index >= 15 is 0 Å². The summed E-state index contributed by atoms with van der Waals surface area (Å²) < 4.78 is 0. The van der Waals surface area contributed by atoms with E-state index in [1.807, 2.05) is 0 Å². The molecule has 1 aromatic heterocycles. The number of aromatic amines is 1. The van der Waals surface area contributed by atoms with Crippen LogP contribution in [-0.2, 0) is 6.42 Å². The normalized spacial score (nSPS) is 18.1. The van der Waals surface area contributed by atoms with Gasteiger partial charge in [0, 0.05) is 56.7 Å². The highest BCUT2D eigenvalue weighted by molar-refractivity contribution is 5.83. The number of aromatic nitrogens is 2. The van der Waals surface area contributed by atoms with Gasteiger partial charge in [-0.25, -0.2) is 4.98 Å². The second-order valence-corrected chi connectivity index (χ2v) is 7.95. The van der Waals surface area contributed by atoms with Gasteiger partial charge in [0.05, 0.1) is 11.0 Å². The molecule has 0 atom stereocenters. The molecule has 5 rings (SSSR count). The fraction of sp³-hybridized carbons (Fsp3) is 0.409. The molecule has 0 saturated carbocycles. The number of rotatable bonds is 2. The Balaban J connectivity index is 1.46. The summed E-state index contributed by atoms with van der Waals surface area (Å²) >= 11 is 0. The first-order valence-corrected chi connectivity index (χ1v) is 9.95. The number of hydrogen-bond donors (Lipinski definition) is 1. The Morgan fingerprint density at radius 2 is 1.78 bits per heavy atom. The molecule has 0 radical (unpaired) electrons. The van der Waals surface area contributed by atoms with Crippen LogP contribution in [0, 0.1) is 0 Å². The van der Waals surface area contributed by atoms with E-state index in [1.165, 1.54) is 28.9 Å². The van der Waals surface area contributed by atoms with Gasteiger partial charge in [-0.3, -0.25) is 0 Å². The highest BCUT2D eigenvalue weighted by Gasteiger charge is 2.17. The molecule has 140 valence electrons. The Bertz CT molecular complexity index is 968. The molecule has 3 aromatic rings. The van der Waals surface area contributed by atoms with Crippen LogP contribution in [0.3, 0.4) is 0 Å². The number of H-pyrrole nitrogens is 1. The van der Waals surface area contributed by atoms with Crippen LogP contribution in [0.1, 0.15) is 12.0 Å². The number of aryl methyl sites for hydroxylation is 1. The number of imidazole rings is 1. The first-order valence-electron chi connectivity index (χ1n) is 9.95. The molecule has 0 bridgehead atoms. The predicted molar refractivity (Wildman–Crippen MR) is 113 cm³/mol. The second-order valence-electron chi connectivity index (χ2n) is 7.95. The molecule has 1 saturated heterocycles. The zero-order valence-corrected chi connectivity index (χ0v) is 16.2. The van der Waals surface area contributed by atoms with E-state index < -0.39 is 0 Å². The number of likely N-dealkylation sites (N-methyl/N-ethyl adjacent to an activating group) is 1. The fourth-order valence-electron chi connectivity index (χ4n) is 4.33. The Labute approximate surface area is 160 Å². The topological polar surface area (TPSA) is 38.4 Å². The molecule has 5 heteroatoms. The molecule has 1 fully saturated rings. The van der Waals surface area contributed by atoms with Gasteiger partial charge in [-0.2, -0.15) is 0 Å². The third-order valence-electron chi connectivity index (χ3n) is 6.04. The van der Waals surface area contributed by atoms with Crippen LogP contribution in [0.25, 0.3) is 22.4 Å². The van der Waals surface area contributed by atoms with Crippen LogP contribution in [0.5, 0.6) is 0 Å². The molecular formula is C22H27N5. The molecule has 3 heterocycles. The van der Waals surface area contributed by atoms with Gasteiger partial charge in [0.2, 0.25) is 0 Å². The highest BCUT2D eigenvalue weighted by atomic mass is 15.2. The van der Waals surface area contributed by atoms with Crippen molar-refractivity contribution in [1.29, 1.82) is 0 Å². The van der Waals surface area contributed by atoms with E-state index in [2.05, 4.69) is 70.2 Å². The Hall–Kier alpha value is -2.53. The maximum absolute atomic E-state index is 4.85. The molecule has 27 heavy (non-hydrogen) atoms. The lowest BCUT2D eigenvalue weighted by atomic mass is 9.99. The van der Waals surface area contributed by atoms with Gasteiger partial charge in [0.15, 0.2) is 0 Å². The van der Waals surface area contributed by atoms with Crippen LogP contribution in [0.15, 0.2) is 36.4 Å². The number of anilines is 2. The van der Waals surface area contributed by atoms with E-state index in [1.54, 1.807) is 0 Å². The van der Waals surface area contributed by atoms with Gasteiger partial charge in [0.25, 0.3) is 0 Å². The van der Waals surface area contributed by atoms with Gasteiger partial charge < -0.3 is 19.7 Å². The maximum Gasteiger partial charge on any atom is 0.138 e. The number of hydrogen-bond acceptors (Lipinski definition) is 4. The van der Waals surface area contributed by atoms with Gasteiger partial charge >= 0.3 is 0 Å². The van der Waals surface area contributed by atoms with Crippen molar-refractivity contribution in [2.45, 2.75) is 12.8 Å². The first kappa shape index (κ1) is 16.6. The molecular weight excluding hydrogens is 334 g/mol. The zero-order chi connectivity index (χ0) is 18.4. The Kier molecular flexibility index (Phi) is 4.05. The van der Waals surface area contributed by atoms with Gasteiger partial charge in [-0.05, 0) is 61.9 Å². The summed E-state index contributed by atoms with van der Waals surface area (Å²) in [6.45, 7) is 5.56. The molecule has 0 spiro atoms. The monoisotopic (exact) mass is 361 g/mol. The van der Waals surface area contributed by atoms with Crippen molar-refractivity contribution < 1.29 is 0 Å². The lowest BCUT2D eigenvalue weighted by Gasteiger charge is -2.34. The quantitative estimate of drug-likeness (QED) is 0.760. The number of nitrogens with one attached hydrogen (secondary N) is 1. The molecule has 0 unspecified atom stereocenters. The standard InChI is InChI=1S/C22H27N5/c1-25-10-12-27(13-11-25)18-6-7-19-20(15-18)24-22(23-19)17-5-8-21-16(14-17)4-3-9-26(21)2/h5-8,14-15H,3-4,9-13H2,1-2H3,(H,23,24). The lowest BCUT2D eigenvalue weighted by Crippen LogP contribution is -2.44. The van der Waals surface area contributed by atoms with Crippen molar-refractivity contribution in [1.82, 2.24) is 14.9 Å². The van der Waals surface area contributed by atoms with Gasteiger partial charge in [0.1, 0.15) is 5.82 Å². The van der Waals surface area contributed by atoms with Crippen molar-refractivity contribution in [3.05, 3.63) is 42.0 Å². The number of piperazine rings is 1. The van der Waals surface area contributed by atoms with Crippen molar-refractivity contribution in [3.63, 3.8) is 0 Å². The molecule has 0 aliphatic carbocycles. The minimum atomic E-state index is 0.969. The number of fused-ring (bicyclic) bond motifs is 2. The summed E-state index contributed by atoms with van der Waals surface area (Å²) in [5.74, 6) is 0.969. The van der Waals surface area contributed by atoms with Crippen molar-refractivity contribution >= 4 is 22.4 Å². The van der Waals surface area contributed by atoms with Gasteiger partial charge in [-0.15, -0.1) is 0 Å². The Morgan fingerprint density at radius 3 is 2.63 bits per heavy atom. The summed E-state index contributed by atoms with van der Waals surface area (Å²) in [5, 5.41) is 0. The van der Waals surface area contributed by atoms with E-state index in [-0.39, 0.29) is 0 Å². The van der Waals surface area contributed by atoms with Crippen molar-refractivity contribution in [2.75, 3.05) is 56.6 Å². The van der Waals surface area contributed by atoms with Crippen LogP contribution in [0.2, 0.25) is 0 Å². The summed E-state index contributed by atoms with van der Waals surface area (Å²) in [6, 6.07) is 13.4. The average Bonchev–Trinajstić information content (AvgIpc) is 3.12. The number of nitrogens with zero attached hydrogens (tertiary/aromatic N) is 4. The highest BCUT2D eigenvalue weighted by Crippen LogP contribution is 2.31. The Morgan fingerprint density at radius 1 is 0.926 bits per heavy atom. The molecule has 2 aliphatic heterocycles. The SMILES string of the molecule is CN1CCN(c2ccc3nc(-c4ccc5c(c4)CCCN5C)[nH]c3c2)CC1. The van der Waals surface area contributed by atoms with Crippen LogP contribution < -0.4 is 9.80 Å². The van der Waals surface area contributed by atoms with E-state index in [4.69, 9.17) is 4.98 Å². The zero-order valence-electron chi connectivity index (χ0n) is 16.2. The maximum atomic E-state index is 4.85. The van der Waals surface area contributed by atoms with Crippen LogP contribution in [0.4, 0.5) is 11.4 Å². The summed E-state index contributed by atoms with van der Waals surface area (Å²) in [4.78, 5) is 15.6. The van der Waals surface area contributed by atoms with E-state index in [0.29, 0.717) is 0 Å². The summed E-state index contributed by atoms with van der Waals surface area (Å²) in [5.41, 5.74) is 7.42. The minimum absolute atomic E-state index is 0.969. The fourth-order valence-corrected chi connectivity index (χ4v) is 4.33. The second kappa shape index (κ2) is 6.57. The minimum Gasteiger partial charge on any atom is -0.374 e. The smallest absolute Gasteiger partial charge is 0.138 e. The predicted octanol–water partition coefficient (Wildman–Crippen LogP) is 3.36. The first-order chi connectivity index (χ1) is 13.2. The molecule has 2 aliphatic rings. The van der Waals surface area contributed by atoms with Crippen molar-refractivity contribution in [3.8, 4) is 11.4 Å². The third-order valence-corrected chi connectivity index (χ3v) is 6.04.